The van der Waals surface area contributed by atoms with E-state index in [1.807, 2.05) is 26.8 Å². The molecule has 0 spiro atoms. The number of fused-ring (bicyclic) bond motifs is 1. The molecule has 0 aliphatic carbocycles. The smallest absolute Gasteiger partial charge is 0.269 e. The van der Waals surface area contributed by atoms with Crippen molar-refractivity contribution in [2.45, 2.75) is 36.6 Å². The summed E-state index contributed by atoms with van der Waals surface area (Å²) in [5.41, 5.74) is 1.25. The fourth-order valence-electron chi connectivity index (χ4n) is 2.80. The third-order valence-electron chi connectivity index (χ3n) is 4.35. The van der Waals surface area contributed by atoms with E-state index in [-0.39, 0.29) is 12.0 Å². The van der Waals surface area contributed by atoms with E-state index in [2.05, 4.69) is 22.1 Å². The van der Waals surface area contributed by atoms with Crippen LogP contribution >= 0.6 is 23.1 Å². The Morgan fingerprint density at radius 1 is 1.43 bits per heavy atom. The fraction of sp³-hybridized carbons (Fsp3) is 0.421. The summed E-state index contributed by atoms with van der Waals surface area (Å²) in [5, 5.41) is 10.9. The van der Waals surface area contributed by atoms with E-state index in [0.29, 0.717) is 26.7 Å². The van der Waals surface area contributed by atoms with Crippen LogP contribution in [0.1, 0.15) is 26.3 Å². The second kappa shape index (κ2) is 8.56. The Morgan fingerprint density at radius 3 is 2.80 bits per heavy atom. The monoisotopic (exact) mass is 468 g/mol. The Kier molecular flexibility index (Phi) is 6.44. The van der Waals surface area contributed by atoms with E-state index in [9.17, 15) is 13.2 Å². The van der Waals surface area contributed by atoms with Crippen LogP contribution in [-0.2, 0) is 20.2 Å². The van der Waals surface area contributed by atoms with Crippen molar-refractivity contribution in [2.24, 2.45) is 0 Å². The lowest BCUT2D eigenvalue weighted by molar-refractivity contribution is -0.122. The van der Waals surface area contributed by atoms with Crippen LogP contribution in [0.3, 0.4) is 0 Å². The summed E-state index contributed by atoms with van der Waals surface area (Å²) in [5.74, 6) is 0.551. The van der Waals surface area contributed by atoms with Crippen LogP contribution in [0.15, 0.2) is 35.2 Å². The van der Waals surface area contributed by atoms with Gasteiger partial charge in [-0.25, -0.2) is 8.42 Å². The average Bonchev–Trinajstić information content (AvgIpc) is 3.10. The number of nitrogens with one attached hydrogen (secondary N) is 1. The lowest BCUT2D eigenvalue weighted by atomic mass is 9.86. The van der Waals surface area contributed by atoms with Crippen LogP contribution in [0.4, 0.5) is 10.8 Å². The summed E-state index contributed by atoms with van der Waals surface area (Å²) >= 11 is 2.69. The van der Waals surface area contributed by atoms with Crippen molar-refractivity contribution in [1.29, 1.82) is 0 Å². The van der Waals surface area contributed by atoms with Gasteiger partial charge in [-0.15, -0.1) is 16.8 Å². The second-order valence-electron chi connectivity index (χ2n) is 7.80. The standard InChI is InChI=1S/C19H24N4O4S3/c1-6-9-28-18-22-21-17(29-18)20-16(24)15-11-23(30(5,25)26)13-10-12(19(2,3)4)7-8-14(13)27-15/h6-8,10,15H,1,9,11H2,2-5H3,(H,20,21,24)/t15-/m0/s1. The van der Waals surface area contributed by atoms with Crippen LogP contribution in [0, 0.1) is 0 Å². The van der Waals surface area contributed by atoms with Crippen molar-refractivity contribution in [3.05, 3.63) is 36.4 Å². The SMILES string of the molecule is C=CCSc1nnc(NC(=O)[C@@H]2CN(S(C)(=O)=O)c3cc(C(C)(C)C)ccc3O2)s1. The Balaban J connectivity index is 1.84. The molecule has 0 bridgehead atoms. The Bertz CT molecular complexity index is 1060. The van der Waals surface area contributed by atoms with Crippen molar-refractivity contribution in [1.82, 2.24) is 10.2 Å². The highest BCUT2D eigenvalue weighted by Gasteiger charge is 2.36. The number of ether oxygens (including phenoxy) is 1. The quantitative estimate of drug-likeness (QED) is 0.394. The minimum absolute atomic E-state index is 0.123. The number of carbonyl (C=O) groups excluding carboxylic acids is 1. The average molecular weight is 469 g/mol. The number of hydrogen-bond donors (Lipinski definition) is 1. The third kappa shape index (κ3) is 5.13. The number of sulfonamides is 1. The van der Waals surface area contributed by atoms with E-state index in [1.54, 1.807) is 18.2 Å². The third-order valence-corrected chi connectivity index (χ3v) is 7.46. The largest absolute Gasteiger partial charge is 0.476 e. The maximum atomic E-state index is 12.8. The van der Waals surface area contributed by atoms with E-state index < -0.39 is 22.0 Å². The summed E-state index contributed by atoms with van der Waals surface area (Å²) in [6.07, 6.45) is 1.86. The van der Waals surface area contributed by atoms with E-state index in [0.717, 1.165) is 11.8 Å². The van der Waals surface area contributed by atoms with Crippen molar-refractivity contribution in [2.75, 3.05) is 28.2 Å². The Hall–Kier alpha value is -2.11. The minimum atomic E-state index is -3.61. The zero-order chi connectivity index (χ0) is 22.1. The van der Waals surface area contributed by atoms with Gasteiger partial charge in [-0.3, -0.25) is 14.4 Å². The molecule has 1 aromatic heterocycles. The molecule has 0 saturated heterocycles. The van der Waals surface area contributed by atoms with Gasteiger partial charge in [0.15, 0.2) is 10.4 Å². The van der Waals surface area contributed by atoms with Crippen molar-refractivity contribution in [3.63, 3.8) is 0 Å². The topological polar surface area (TPSA) is 101 Å². The number of amides is 1. The van der Waals surface area contributed by atoms with Gasteiger partial charge in [0.2, 0.25) is 15.2 Å². The number of benzene rings is 1. The molecule has 1 amide bonds. The minimum Gasteiger partial charge on any atom is -0.476 e. The molecule has 1 atom stereocenters. The van der Waals surface area contributed by atoms with Crippen LogP contribution < -0.4 is 14.4 Å². The van der Waals surface area contributed by atoms with Gasteiger partial charge in [0, 0.05) is 5.75 Å². The maximum absolute atomic E-state index is 12.8. The zero-order valence-corrected chi connectivity index (χ0v) is 19.7. The molecule has 1 aliphatic rings. The summed E-state index contributed by atoms with van der Waals surface area (Å²) in [7, 11) is -3.61. The maximum Gasteiger partial charge on any atom is 0.269 e. The molecule has 30 heavy (non-hydrogen) atoms. The molecule has 162 valence electrons. The summed E-state index contributed by atoms with van der Waals surface area (Å²) in [4.78, 5) is 12.8. The van der Waals surface area contributed by atoms with Gasteiger partial charge in [-0.05, 0) is 23.1 Å². The normalized spacial score (nSPS) is 16.5. The van der Waals surface area contributed by atoms with Gasteiger partial charge >= 0.3 is 0 Å². The Labute approximate surface area is 184 Å². The molecule has 0 radical (unpaired) electrons. The number of nitrogens with zero attached hydrogens (tertiary/aromatic N) is 3. The number of hydrogen-bond acceptors (Lipinski definition) is 8. The summed E-state index contributed by atoms with van der Waals surface area (Å²) in [6, 6.07) is 5.40. The molecule has 1 aromatic carbocycles. The first-order chi connectivity index (χ1) is 14.0. The molecule has 1 N–H and O–H groups in total. The highest BCUT2D eigenvalue weighted by molar-refractivity contribution is 8.01. The highest BCUT2D eigenvalue weighted by Crippen LogP contribution is 2.38. The van der Waals surface area contributed by atoms with Gasteiger partial charge < -0.3 is 4.74 Å². The first-order valence-corrected chi connectivity index (χ1v) is 12.8. The van der Waals surface area contributed by atoms with Gasteiger partial charge in [0.1, 0.15) is 5.75 Å². The van der Waals surface area contributed by atoms with Gasteiger partial charge in [-0.1, -0.05) is 56.0 Å². The first kappa shape index (κ1) is 22.6. The number of carbonyl (C=O) groups is 1. The highest BCUT2D eigenvalue weighted by atomic mass is 32.2. The Morgan fingerprint density at radius 2 is 2.17 bits per heavy atom. The number of rotatable bonds is 6. The molecular weight excluding hydrogens is 444 g/mol. The molecule has 0 saturated carbocycles. The van der Waals surface area contributed by atoms with Crippen LogP contribution in [0.25, 0.3) is 0 Å². The predicted octanol–water partition coefficient (Wildman–Crippen LogP) is 3.28. The number of anilines is 2. The molecule has 0 unspecified atom stereocenters. The predicted molar refractivity (Wildman–Crippen MR) is 121 cm³/mol. The van der Waals surface area contributed by atoms with Crippen molar-refractivity contribution in [3.8, 4) is 5.75 Å². The summed E-state index contributed by atoms with van der Waals surface area (Å²) in [6.45, 7) is 9.66. The molecule has 2 heterocycles. The van der Waals surface area contributed by atoms with E-state index in [4.69, 9.17) is 4.74 Å². The van der Waals surface area contributed by atoms with Crippen LogP contribution in [-0.4, -0.2) is 49.2 Å². The molecule has 2 aromatic rings. The summed E-state index contributed by atoms with van der Waals surface area (Å²) < 4.78 is 32.7. The van der Waals surface area contributed by atoms with Gasteiger partial charge in [-0.2, -0.15) is 0 Å². The molecule has 3 rings (SSSR count). The lowest BCUT2D eigenvalue weighted by Gasteiger charge is -2.35. The zero-order valence-electron chi connectivity index (χ0n) is 17.2. The van der Waals surface area contributed by atoms with Crippen LogP contribution in [0.5, 0.6) is 5.75 Å². The van der Waals surface area contributed by atoms with Gasteiger partial charge in [0.25, 0.3) is 5.91 Å². The molecule has 1 aliphatic heterocycles. The lowest BCUT2D eigenvalue weighted by Crippen LogP contribution is -2.48. The number of thioether (sulfide) groups is 1. The fourth-order valence-corrected chi connectivity index (χ4v) is 5.23. The van der Waals surface area contributed by atoms with Gasteiger partial charge in [0.05, 0.1) is 18.5 Å². The van der Waals surface area contributed by atoms with Crippen molar-refractivity contribution < 1.29 is 17.9 Å². The van der Waals surface area contributed by atoms with E-state index in [1.165, 1.54) is 27.4 Å². The van der Waals surface area contributed by atoms with Crippen molar-refractivity contribution >= 4 is 49.8 Å². The first-order valence-electron chi connectivity index (χ1n) is 9.16. The molecular formula is C19H24N4O4S3. The van der Waals surface area contributed by atoms with E-state index >= 15 is 0 Å². The molecule has 11 heteroatoms. The second-order valence-corrected chi connectivity index (χ2v) is 11.9. The number of aromatic nitrogens is 2. The van der Waals surface area contributed by atoms with Crippen LogP contribution in [0.2, 0.25) is 0 Å². The molecule has 8 nitrogen and oxygen atoms in total. The molecule has 0 fully saturated rings.